The lowest BCUT2D eigenvalue weighted by Gasteiger charge is -2.37. The highest BCUT2D eigenvalue weighted by Crippen LogP contribution is 2.40. The third-order valence-corrected chi connectivity index (χ3v) is 10.9. The summed E-state index contributed by atoms with van der Waals surface area (Å²) in [5.74, 6) is -0.326. The maximum atomic E-state index is 14.8. The first-order valence-corrected chi connectivity index (χ1v) is 18.8. The summed E-state index contributed by atoms with van der Waals surface area (Å²) in [7, 11) is 0. The smallest absolute Gasteiger partial charge is 0.289 e. The van der Waals surface area contributed by atoms with Gasteiger partial charge in [0.2, 0.25) is 23.5 Å². The van der Waals surface area contributed by atoms with Crippen molar-refractivity contribution in [2.24, 2.45) is 22.4 Å². The summed E-state index contributed by atoms with van der Waals surface area (Å²) < 4.78 is 0. The van der Waals surface area contributed by atoms with Crippen molar-refractivity contribution in [3.8, 4) is 12.3 Å². The van der Waals surface area contributed by atoms with Crippen molar-refractivity contribution in [3.63, 3.8) is 0 Å². The van der Waals surface area contributed by atoms with Gasteiger partial charge in [0, 0.05) is 35.9 Å². The van der Waals surface area contributed by atoms with Crippen LogP contribution >= 0.6 is 11.6 Å². The summed E-state index contributed by atoms with van der Waals surface area (Å²) in [6.45, 7) is 7.49. The van der Waals surface area contributed by atoms with Gasteiger partial charge in [0.15, 0.2) is 5.60 Å². The van der Waals surface area contributed by atoms with E-state index in [0.29, 0.717) is 23.6 Å². The maximum Gasteiger partial charge on any atom is 0.289 e. The highest BCUT2D eigenvalue weighted by molar-refractivity contribution is 6.38. The Kier molecular flexibility index (Phi) is 12.2. The Balaban J connectivity index is 1.41. The Morgan fingerprint density at radius 2 is 1.82 bits per heavy atom. The fourth-order valence-electron chi connectivity index (χ4n) is 7.62. The van der Waals surface area contributed by atoms with E-state index in [2.05, 4.69) is 27.0 Å². The van der Waals surface area contributed by atoms with Gasteiger partial charge in [-0.15, -0.1) is 12.3 Å². The number of nitrogens with one attached hydrogen (secondary N) is 3. The number of nitrogens with zero attached hydrogens (tertiary/aromatic N) is 2. The second kappa shape index (κ2) is 16.2. The van der Waals surface area contributed by atoms with Gasteiger partial charge in [0.25, 0.3) is 5.91 Å². The van der Waals surface area contributed by atoms with Crippen LogP contribution in [0.2, 0.25) is 5.02 Å². The molecule has 0 bridgehead atoms. The average Bonchev–Trinajstić information content (AvgIpc) is 3.69. The Hall–Kier alpha value is -3.91. The van der Waals surface area contributed by atoms with E-state index in [-0.39, 0.29) is 43.7 Å². The molecule has 1 aromatic rings. The van der Waals surface area contributed by atoms with Crippen LogP contribution in [0.1, 0.15) is 110 Å². The standard InChI is InChI=1S/C39H52ClN5O6/c1-6-12-28(24-14-9-8-10-15-24)34(47)43-33(38(3,4)5)37(50)45-23-39(21-30(44-51-39)25-16-11-17-26(40)20-25)22-31(45)35(48)42-29(13-7-2)32(46)36(49)41-27-18-19-27/h1,11,16-17,20,24,27-29,31,33H,7-10,12-15,18-19,21-23H2,2-5H3,(H,41,49)(H,42,48)(H,43,47)/t28-,29-,31-,33+,39+/m0/s1. The van der Waals surface area contributed by atoms with Gasteiger partial charge >= 0.3 is 0 Å². The van der Waals surface area contributed by atoms with Crippen LogP contribution in [0.3, 0.4) is 0 Å². The van der Waals surface area contributed by atoms with E-state index in [9.17, 15) is 24.0 Å². The molecule has 2 aliphatic heterocycles. The molecule has 3 N–H and O–H groups in total. The zero-order chi connectivity index (χ0) is 36.9. The van der Waals surface area contributed by atoms with Crippen LogP contribution in [-0.2, 0) is 28.8 Å². The molecule has 276 valence electrons. The lowest BCUT2D eigenvalue weighted by Crippen LogP contribution is -2.60. The van der Waals surface area contributed by atoms with Gasteiger partial charge in [-0.3, -0.25) is 24.0 Å². The number of terminal acetylenes is 1. The van der Waals surface area contributed by atoms with Gasteiger partial charge < -0.3 is 25.7 Å². The normalized spacial score (nSPS) is 23.7. The number of halogens is 1. The predicted octanol–water partition coefficient (Wildman–Crippen LogP) is 4.69. The molecule has 4 aliphatic rings. The molecule has 5 atom stereocenters. The van der Waals surface area contributed by atoms with E-state index >= 15 is 0 Å². The van der Waals surface area contributed by atoms with Crippen molar-refractivity contribution in [1.29, 1.82) is 0 Å². The van der Waals surface area contributed by atoms with Crippen molar-refractivity contribution < 1.29 is 28.8 Å². The van der Waals surface area contributed by atoms with Crippen molar-refractivity contribution in [2.75, 3.05) is 6.54 Å². The Morgan fingerprint density at radius 3 is 2.45 bits per heavy atom. The molecule has 2 heterocycles. The quantitative estimate of drug-likeness (QED) is 0.199. The molecule has 2 saturated carbocycles. The Bertz CT molecular complexity index is 1570. The highest BCUT2D eigenvalue weighted by atomic mass is 35.5. The second-order valence-electron chi connectivity index (χ2n) is 15.9. The molecule has 12 heteroatoms. The molecule has 4 amide bonds. The van der Waals surface area contributed by atoms with Gasteiger partial charge in [-0.05, 0) is 55.6 Å². The maximum absolute atomic E-state index is 14.8. The Labute approximate surface area is 306 Å². The van der Waals surface area contributed by atoms with Crippen LogP contribution in [-0.4, -0.2) is 76.3 Å². The summed E-state index contributed by atoms with van der Waals surface area (Å²) >= 11 is 6.26. The van der Waals surface area contributed by atoms with Crippen LogP contribution in [0.4, 0.5) is 0 Å². The molecule has 1 aromatic carbocycles. The van der Waals surface area contributed by atoms with Gasteiger partial charge in [-0.2, -0.15) is 0 Å². The molecule has 1 spiro atoms. The molecule has 1 saturated heterocycles. The zero-order valence-electron chi connectivity index (χ0n) is 30.3. The molecule has 0 unspecified atom stereocenters. The van der Waals surface area contributed by atoms with Crippen LogP contribution in [0.5, 0.6) is 0 Å². The zero-order valence-corrected chi connectivity index (χ0v) is 31.0. The molecule has 0 aromatic heterocycles. The van der Waals surface area contributed by atoms with Crippen LogP contribution in [0.25, 0.3) is 0 Å². The lowest BCUT2D eigenvalue weighted by molar-refractivity contribution is -0.146. The minimum Gasteiger partial charge on any atom is -0.387 e. The molecule has 51 heavy (non-hydrogen) atoms. The molecule has 2 aliphatic carbocycles. The summed E-state index contributed by atoms with van der Waals surface area (Å²) in [6.07, 6.45) is 13.9. The molecular formula is C39H52ClN5O6. The minimum atomic E-state index is -1.06. The molecule has 5 rings (SSSR count). The van der Waals surface area contributed by atoms with Crippen LogP contribution in [0.15, 0.2) is 29.4 Å². The van der Waals surface area contributed by atoms with Crippen LogP contribution < -0.4 is 16.0 Å². The summed E-state index contributed by atoms with van der Waals surface area (Å²) in [5, 5.41) is 13.5. The largest absolute Gasteiger partial charge is 0.387 e. The van der Waals surface area contributed by atoms with Gasteiger partial charge in [-0.1, -0.05) is 82.3 Å². The number of hydrogen-bond donors (Lipinski definition) is 3. The number of ketones is 1. The fourth-order valence-corrected chi connectivity index (χ4v) is 7.81. The van der Waals surface area contributed by atoms with Crippen molar-refractivity contribution >= 4 is 46.7 Å². The number of rotatable bonds is 13. The molecule has 0 radical (unpaired) electrons. The van der Waals surface area contributed by atoms with Crippen molar-refractivity contribution in [3.05, 3.63) is 34.9 Å². The van der Waals surface area contributed by atoms with E-state index in [1.54, 1.807) is 12.1 Å². The molecular weight excluding hydrogens is 670 g/mol. The van der Waals surface area contributed by atoms with Gasteiger partial charge in [-0.25, -0.2) is 0 Å². The highest BCUT2D eigenvalue weighted by Gasteiger charge is 2.56. The number of likely N-dealkylation sites (tertiary alicyclic amines) is 1. The van der Waals surface area contributed by atoms with Gasteiger partial charge in [0.1, 0.15) is 12.1 Å². The number of amides is 4. The lowest BCUT2D eigenvalue weighted by atomic mass is 9.77. The fraction of sp³-hybridized carbons (Fsp3) is 0.641. The summed E-state index contributed by atoms with van der Waals surface area (Å²) in [6, 6.07) is 4.09. The monoisotopic (exact) mass is 721 g/mol. The first kappa shape index (κ1) is 38.3. The number of Topliss-reactive ketones (excluding diaryl/α,β-unsaturated/α-hetero) is 1. The number of carbonyl (C=O) groups is 5. The number of oxime groups is 1. The van der Waals surface area contributed by atoms with E-state index in [0.717, 1.165) is 50.5 Å². The molecule has 3 fully saturated rings. The first-order valence-electron chi connectivity index (χ1n) is 18.5. The molecule has 11 nitrogen and oxygen atoms in total. The van der Waals surface area contributed by atoms with E-state index in [1.165, 1.54) is 4.90 Å². The SMILES string of the molecule is C#CC[C@H](C(=O)N[C@H](C(=O)N1C[C@@]2(CC(c3cccc(Cl)c3)=NO2)C[C@H]1C(=O)N[C@@H](CCC)C(=O)C(=O)NC1CC1)C(C)(C)C)C1CCCCC1. The third kappa shape index (κ3) is 9.31. The van der Waals surface area contributed by atoms with E-state index < -0.39 is 58.6 Å². The number of carbonyl (C=O) groups excluding carboxylic acids is 5. The summed E-state index contributed by atoms with van der Waals surface area (Å²) in [4.78, 5) is 76.4. The predicted molar refractivity (Wildman–Crippen MR) is 194 cm³/mol. The first-order chi connectivity index (χ1) is 24.2. The Morgan fingerprint density at radius 1 is 1.10 bits per heavy atom. The number of hydrogen-bond acceptors (Lipinski definition) is 7. The van der Waals surface area contributed by atoms with Crippen molar-refractivity contribution in [1.82, 2.24) is 20.9 Å². The topological polar surface area (TPSA) is 146 Å². The van der Waals surface area contributed by atoms with E-state index in [4.69, 9.17) is 22.9 Å². The van der Waals surface area contributed by atoms with Gasteiger partial charge in [0.05, 0.1) is 24.2 Å². The van der Waals surface area contributed by atoms with E-state index in [1.807, 2.05) is 39.8 Å². The minimum absolute atomic E-state index is 0.0154. The van der Waals surface area contributed by atoms with Crippen LogP contribution in [0, 0.1) is 29.6 Å². The number of benzene rings is 1. The average molecular weight is 722 g/mol. The second-order valence-corrected chi connectivity index (χ2v) is 16.3. The third-order valence-electron chi connectivity index (χ3n) is 10.6. The summed E-state index contributed by atoms with van der Waals surface area (Å²) in [5.41, 5.74) is -0.379. The van der Waals surface area contributed by atoms with Crippen molar-refractivity contribution in [2.45, 2.75) is 135 Å².